The molecule has 24 heavy (non-hydrogen) atoms. The third-order valence-electron chi connectivity index (χ3n) is 4.14. The fourth-order valence-corrected chi connectivity index (χ4v) is 2.79. The molecule has 0 unspecified atom stereocenters. The van der Waals surface area contributed by atoms with E-state index in [2.05, 4.69) is 10.6 Å². The van der Waals surface area contributed by atoms with Gasteiger partial charge in [0.05, 0.1) is 0 Å². The summed E-state index contributed by atoms with van der Waals surface area (Å²) in [7, 11) is 1.54. The van der Waals surface area contributed by atoms with Crippen LogP contribution < -0.4 is 16.4 Å². The minimum absolute atomic E-state index is 0.137. The first-order valence-electron chi connectivity index (χ1n) is 8.04. The van der Waals surface area contributed by atoms with Gasteiger partial charge in [0, 0.05) is 38.2 Å². The molecule has 0 aromatic heterocycles. The van der Waals surface area contributed by atoms with E-state index in [0.717, 1.165) is 5.56 Å². The summed E-state index contributed by atoms with van der Waals surface area (Å²) < 4.78 is 0. The number of hydrogen-bond acceptors (Lipinski definition) is 4. The highest BCUT2D eigenvalue weighted by atomic mass is 16.2. The number of nitrogens with one attached hydrogen (secondary N) is 2. The van der Waals surface area contributed by atoms with Gasteiger partial charge in [0.15, 0.2) is 0 Å². The van der Waals surface area contributed by atoms with Crippen LogP contribution in [-0.4, -0.2) is 54.8 Å². The molecule has 1 fully saturated rings. The predicted octanol–water partition coefficient (Wildman–Crippen LogP) is -0.211. The van der Waals surface area contributed by atoms with Crippen molar-refractivity contribution in [3.05, 3.63) is 35.4 Å². The minimum Gasteiger partial charge on any atom is -0.357 e. The fraction of sp³-hybridized carbons (Fsp3) is 0.471. The molecule has 0 saturated carbocycles. The standard InChI is InChI=1S/C17H24N4O3/c1-11-3-5-12(6-4-11)16(23)20-8-7-15(22)21-10-13(18)9-14(21)17(24)19-2/h3-6,13-14H,7-10,18H2,1-2H3,(H,19,24)(H,20,23)/t13-,14-/m0/s1. The van der Waals surface area contributed by atoms with Crippen molar-refractivity contribution in [2.24, 2.45) is 5.73 Å². The van der Waals surface area contributed by atoms with E-state index < -0.39 is 6.04 Å². The Morgan fingerprint density at radius 2 is 1.92 bits per heavy atom. The number of aryl methyl sites for hydroxylation is 1. The highest BCUT2D eigenvalue weighted by Gasteiger charge is 2.37. The first-order valence-corrected chi connectivity index (χ1v) is 8.04. The molecule has 7 heteroatoms. The first-order chi connectivity index (χ1) is 11.4. The summed E-state index contributed by atoms with van der Waals surface area (Å²) in [5.41, 5.74) is 7.50. The Hall–Kier alpha value is -2.41. The predicted molar refractivity (Wildman–Crippen MR) is 90.3 cm³/mol. The summed E-state index contributed by atoms with van der Waals surface area (Å²) in [5.74, 6) is -0.607. The monoisotopic (exact) mass is 332 g/mol. The van der Waals surface area contributed by atoms with Crippen molar-refractivity contribution < 1.29 is 14.4 Å². The zero-order chi connectivity index (χ0) is 17.7. The second-order valence-electron chi connectivity index (χ2n) is 6.04. The largest absolute Gasteiger partial charge is 0.357 e. The SMILES string of the molecule is CNC(=O)[C@@H]1C[C@H](N)CN1C(=O)CCNC(=O)c1ccc(C)cc1. The third kappa shape index (κ3) is 4.32. The zero-order valence-electron chi connectivity index (χ0n) is 14.0. The molecule has 1 aromatic rings. The number of likely N-dealkylation sites (N-methyl/N-ethyl adjacent to an activating group) is 1. The normalized spacial score (nSPS) is 19.9. The van der Waals surface area contributed by atoms with Crippen LogP contribution in [0.5, 0.6) is 0 Å². The second kappa shape index (κ2) is 7.92. The van der Waals surface area contributed by atoms with Gasteiger partial charge in [-0.3, -0.25) is 14.4 Å². The summed E-state index contributed by atoms with van der Waals surface area (Å²) in [5, 5.41) is 5.28. The van der Waals surface area contributed by atoms with E-state index in [1.54, 1.807) is 12.1 Å². The van der Waals surface area contributed by atoms with Crippen molar-refractivity contribution in [2.45, 2.75) is 31.8 Å². The lowest BCUT2D eigenvalue weighted by atomic mass is 10.1. The van der Waals surface area contributed by atoms with Crippen LogP contribution in [0.1, 0.15) is 28.8 Å². The van der Waals surface area contributed by atoms with Crippen LogP contribution in [-0.2, 0) is 9.59 Å². The van der Waals surface area contributed by atoms with E-state index in [4.69, 9.17) is 5.73 Å². The van der Waals surface area contributed by atoms with E-state index >= 15 is 0 Å². The fourth-order valence-electron chi connectivity index (χ4n) is 2.79. The van der Waals surface area contributed by atoms with Crippen molar-refractivity contribution >= 4 is 17.7 Å². The third-order valence-corrected chi connectivity index (χ3v) is 4.14. The summed E-state index contributed by atoms with van der Waals surface area (Å²) in [6, 6.07) is 6.49. The lowest BCUT2D eigenvalue weighted by molar-refractivity contribution is -0.138. The molecule has 2 rings (SSSR count). The number of likely N-dealkylation sites (tertiary alicyclic amines) is 1. The van der Waals surface area contributed by atoms with Crippen LogP contribution >= 0.6 is 0 Å². The van der Waals surface area contributed by atoms with Crippen LogP contribution in [0.3, 0.4) is 0 Å². The number of nitrogens with zero attached hydrogens (tertiary/aromatic N) is 1. The van der Waals surface area contributed by atoms with E-state index in [1.807, 2.05) is 19.1 Å². The van der Waals surface area contributed by atoms with Crippen molar-refractivity contribution in [3.63, 3.8) is 0 Å². The van der Waals surface area contributed by atoms with Crippen LogP contribution in [0.25, 0.3) is 0 Å². The first kappa shape index (κ1) is 17.9. The van der Waals surface area contributed by atoms with Gasteiger partial charge in [-0.15, -0.1) is 0 Å². The Labute approximate surface area is 141 Å². The topological polar surface area (TPSA) is 105 Å². The van der Waals surface area contributed by atoms with Gasteiger partial charge in [0.2, 0.25) is 11.8 Å². The molecule has 4 N–H and O–H groups in total. The van der Waals surface area contributed by atoms with Crippen LogP contribution in [0.15, 0.2) is 24.3 Å². The van der Waals surface area contributed by atoms with E-state index in [1.165, 1.54) is 11.9 Å². The van der Waals surface area contributed by atoms with Crippen LogP contribution in [0, 0.1) is 6.92 Å². The van der Waals surface area contributed by atoms with Crippen molar-refractivity contribution in [1.29, 1.82) is 0 Å². The van der Waals surface area contributed by atoms with Crippen LogP contribution in [0.2, 0.25) is 0 Å². The molecule has 1 aromatic carbocycles. The number of carbonyl (C=O) groups is 3. The molecule has 1 saturated heterocycles. The number of nitrogens with two attached hydrogens (primary N) is 1. The Kier molecular flexibility index (Phi) is 5.92. The molecule has 3 amide bonds. The molecule has 2 atom stereocenters. The van der Waals surface area contributed by atoms with Gasteiger partial charge in [0.1, 0.15) is 6.04 Å². The molecule has 130 valence electrons. The molecular formula is C17H24N4O3. The van der Waals surface area contributed by atoms with Crippen molar-refractivity contribution in [2.75, 3.05) is 20.1 Å². The Morgan fingerprint density at radius 1 is 1.25 bits per heavy atom. The highest BCUT2D eigenvalue weighted by molar-refractivity contribution is 5.94. The Balaban J connectivity index is 1.85. The quantitative estimate of drug-likeness (QED) is 0.694. The number of carbonyl (C=O) groups excluding carboxylic acids is 3. The molecule has 0 aliphatic carbocycles. The molecule has 1 heterocycles. The average Bonchev–Trinajstić information content (AvgIpc) is 2.96. The molecule has 0 bridgehead atoms. The smallest absolute Gasteiger partial charge is 0.251 e. The van der Waals surface area contributed by atoms with Gasteiger partial charge in [-0.2, -0.15) is 0 Å². The van der Waals surface area contributed by atoms with Gasteiger partial charge < -0.3 is 21.3 Å². The molecule has 7 nitrogen and oxygen atoms in total. The zero-order valence-corrected chi connectivity index (χ0v) is 14.0. The molecule has 0 radical (unpaired) electrons. The number of rotatable bonds is 5. The van der Waals surface area contributed by atoms with Gasteiger partial charge in [-0.05, 0) is 25.5 Å². The maximum absolute atomic E-state index is 12.3. The van der Waals surface area contributed by atoms with Gasteiger partial charge >= 0.3 is 0 Å². The number of hydrogen-bond donors (Lipinski definition) is 3. The lowest BCUT2D eigenvalue weighted by Gasteiger charge is -2.23. The lowest BCUT2D eigenvalue weighted by Crippen LogP contribution is -2.45. The maximum Gasteiger partial charge on any atom is 0.251 e. The maximum atomic E-state index is 12.3. The van der Waals surface area contributed by atoms with E-state index in [0.29, 0.717) is 18.5 Å². The molecule has 1 aliphatic heterocycles. The second-order valence-corrected chi connectivity index (χ2v) is 6.04. The van der Waals surface area contributed by atoms with Crippen molar-refractivity contribution in [1.82, 2.24) is 15.5 Å². The Bertz CT molecular complexity index is 615. The molecule has 1 aliphatic rings. The van der Waals surface area contributed by atoms with Gasteiger partial charge in [-0.25, -0.2) is 0 Å². The summed E-state index contributed by atoms with van der Waals surface area (Å²) in [4.78, 5) is 37.7. The van der Waals surface area contributed by atoms with Gasteiger partial charge in [0.25, 0.3) is 5.91 Å². The van der Waals surface area contributed by atoms with E-state index in [-0.39, 0.29) is 36.7 Å². The summed E-state index contributed by atoms with van der Waals surface area (Å²) >= 11 is 0. The number of amides is 3. The van der Waals surface area contributed by atoms with Crippen molar-refractivity contribution in [3.8, 4) is 0 Å². The summed E-state index contributed by atoms with van der Waals surface area (Å²) in [6.07, 6.45) is 0.596. The van der Waals surface area contributed by atoms with E-state index in [9.17, 15) is 14.4 Å². The molecule has 0 spiro atoms. The minimum atomic E-state index is -0.523. The molecular weight excluding hydrogens is 308 g/mol. The van der Waals surface area contributed by atoms with Crippen LogP contribution in [0.4, 0.5) is 0 Å². The average molecular weight is 332 g/mol. The van der Waals surface area contributed by atoms with Gasteiger partial charge in [-0.1, -0.05) is 17.7 Å². The Morgan fingerprint density at radius 3 is 2.54 bits per heavy atom. The summed E-state index contributed by atoms with van der Waals surface area (Å²) in [6.45, 7) is 2.53. The highest BCUT2D eigenvalue weighted by Crippen LogP contribution is 2.17. The number of benzene rings is 1.